The van der Waals surface area contributed by atoms with Gasteiger partial charge in [0.1, 0.15) is 11.5 Å². The number of hydrogen-bond acceptors (Lipinski definition) is 4. The van der Waals surface area contributed by atoms with E-state index in [1.807, 2.05) is 0 Å². The second-order valence-corrected chi connectivity index (χ2v) is 3.22. The smallest absolute Gasteiger partial charge is 0.361 e. The zero-order valence-corrected chi connectivity index (χ0v) is 9.11. The number of H-pyrrole nitrogens is 1. The predicted molar refractivity (Wildman–Crippen MR) is 57.7 cm³/mol. The Kier molecular flexibility index (Phi) is 3.13. The molecule has 88 valence electrons. The van der Waals surface area contributed by atoms with Gasteiger partial charge in [-0.05, 0) is 19.1 Å². The number of rotatable bonds is 3. The van der Waals surface area contributed by atoms with Gasteiger partial charge in [-0.2, -0.15) is 10.3 Å². The van der Waals surface area contributed by atoms with Crippen LogP contribution in [-0.2, 0) is 4.74 Å². The Hall–Kier alpha value is -2.24. The first-order valence-electron chi connectivity index (χ1n) is 5.06. The van der Waals surface area contributed by atoms with Crippen LogP contribution < -0.4 is 0 Å². The van der Waals surface area contributed by atoms with Crippen molar-refractivity contribution in [1.82, 2.24) is 15.4 Å². The highest BCUT2D eigenvalue weighted by Gasteiger charge is 2.20. The maximum absolute atomic E-state index is 13.5. The number of nitrogens with one attached hydrogen (secondary N) is 1. The van der Waals surface area contributed by atoms with E-state index in [1.54, 1.807) is 19.1 Å². The second kappa shape index (κ2) is 4.73. The van der Waals surface area contributed by atoms with Gasteiger partial charge in [0.25, 0.3) is 0 Å². The van der Waals surface area contributed by atoms with Crippen molar-refractivity contribution < 1.29 is 13.9 Å². The molecule has 0 bridgehead atoms. The summed E-state index contributed by atoms with van der Waals surface area (Å²) in [5.74, 6) is -1.09. The molecule has 0 aliphatic carbocycles. The summed E-state index contributed by atoms with van der Waals surface area (Å²) >= 11 is 0. The summed E-state index contributed by atoms with van der Waals surface area (Å²) in [6.07, 6.45) is 0. The zero-order chi connectivity index (χ0) is 12.3. The molecule has 0 saturated carbocycles. The summed E-state index contributed by atoms with van der Waals surface area (Å²) in [7, 11) is 0. The first-order chi connectivity index (χ1) is 8.24. The number of ether oxygens (including phenoxy) is 1. The third kappa shape index (κ3) is 2.15. The molecule has 0 atom stereocenters. The molecule has 1 N–H and O–H groups in total. The molecule has 2 aromatic rings. The third-order valence-electron chi connectivity index (χ3n) is 2.15. The Bertz CT molecular complexity index is 539. The average Bonchev–Trinajstić information content (AvgIpc) is 2.79. The van der Waals surface area contributed by atoms with Crippen LogP contribution in [0.15, 0.2) is 24.3 Å². The van der Waals surface area contributed by atoms with Gasteiger partial charge in [0.15, 0.2) is 5.69 Å². The van der Waals surface area contributed by atoms with Crippen LogP contribution in [0.25, 0.3) is 11.3 Å². The van der Waals surface area contributed by atoms with Crippen molar-refractivity contribution >= 4 is 5.97 Å². The van der Waals surface area contributed by atoms with E-state index in [0.29, 0.717) is 0 Å². The summed E-state index contributed by atoms with van der Waals surface area (Å²) in [5, 5.41) is 9.74. The molecule has 0 saturated heterocycles. The summed E-state index contributed by atoms with van der Waals surface area (Å²) in [4.78, 5) is 11.5. The fourth-order valence-corrected chi connectivity index (χ4v) is 1.41. The number of benzene rings is 1. The molecule has 0 amide bonds. The number of halogens is 1. The van der Waals surface area contributed by atoms with Gasteiger partial charge in [-0.3, -0.25) is 0 Å². The van der Waals surface area contributed by atoms with Gasteiger partial charge < -0.3 is 4.74 Å². The van der Waals surface area contributed by atoms with Gasteiger partial charge in [0.2, 0.25) is 0 Å². The molecule has 6 heteroatoms. The minimum Gasteiger partial charge on any atom is -0.461 e. The molecule has 0 fully saturated rings. The van der Waals surface area contributed by atoms with Gasteiger partial charge in [0.05, 0.1) is 6.61 Å². The topological polar surface area (TPSA) is 67.9 Å². The van der Waals surface area contributed by atoms with E-state index in [9.17, 15) is 9.18 Å². The largest absolute Gasteiger partial charge is 0.461 e. The molecule has 1 heterocycles. The number of carbonyl (C=O) groups is 1. The van der Waals surface area contributed by atoms with Crippen molar-refractivity contribution in [1.29, 1.82) is 0 Å². The molecule has 0 aliphatic heterocycles. The fourth-order valence-electron chi connectivity index (χ4n) is 1.41. The molecule has 1 aromatic carbocycles. The molecular weight excluding hydrogens is 225 g/mol. The minimum absolute atomic E-state index is 0.0167. The Morgan fingerprint density at radius 1 is 1.41 bits per heavy atom. The lowest BCUT2D eigenvalue weighted by molar-refractivity contribution is 0.0520. The van der Waals surface area contributed by atoms with Crippen LogP contribution in [0.5, 0.6) is 0 Å². The predicted octanol–water partition coefficient (Wildman–Crippen LogP) is 1.79. The third-order valence-corrected chi connectivity index (χ3v) is 2.15. The number of hydrogen-bond donors (Lipinski definition) is 1. The van der Waals surface area contributed by atoms with Crippen molar-refractivity contribution in [3.8, 4) is 11.3 Å². The van der Waals surface area contributed by atoms with Crippen molar-refractivity contribution in [2.75, 3.05) is 6.61 Å². The lowest BCUT2D eigenvalue weighted by Gasteiger charge is -2.01. The number of carbonyl (C=O) groups excluding carboxylic acids is 1. The van der Waals surface area contributed by atoms with E-state index in [1.165, 1.54) is 12.1 Å². The van der Waals surface area contributed by atoms with Crippen molar-refractivity contribution in [3.05, 3.63) is 35.8 Å². The van der Waals surface area contributed by atoms with Crippen LogP contribution in [0.2, 0.25) is 0 Å². The quantitative estimate of drug-likeness (QED) is 0.823. The van der Waals surface area contributed by atoms with Crippen molar-refractivity contribution in [2.24, 2.45) is 0 Å². The number of nitrogens with zero attached hydrogens (tertiary/aromatic N) is 2. The Balaban J connectivity index is 2.44. The summed E-state index contributed by atoms with van der Waals surface area (Å²) in [5.41, 5.74) is 0.350. The second-order valence-electron chi connectivity index (χ2n) is 3.22. The summed E-state index contributed by atoms with van der Waals surface area (Å²) < 4.78 is 18.4. The van der Waals surface area contributed by atoms with Gasteiger partial charge in [-0.1, -0.05) is 12.1 Å². The van der Waals surface area contributed by atoms with Gasteiger partial charge >= 0.3 is 5.97 Å². The van der Waals surface area contributed by atoms with Crippen LogP contribution >= 0.6 is 0 Å². The molecule has 1 aromatic heterocycles. The molecule has 2 rings (SSSR count). The molecule has 0 unspecified atom stereocenters. The van der Waals surface area contributed by atoms with E-state index in [4.69, 9.17) is 4.74 Å². The number of esters is 1. The normalized spacial score (nSPS) is 10.2. The highest BCUT2D eigenvalue weighted by atomic mass is 19.1. The maximum atomic E-state index is 13.5. The van der Waals surface area contributed by atoms with Crippen LogP contribution in [0.4, 0.5) is 4.39 Å². The van der Waals surface area contributed by atoms with Crippen LogP contribution in [0.3, 0.4) is 0 Å². The first-order valence-corrected chi connectivity index (χ1v) is 5.06. The zero-order valence-electron chi connectivity index (χ0n) is 9.11. The molecule has 0 radical (unpaired) electrons. The van der Waals surface area contributed by atoms with Crippen molar-refractivity contribution in [3.63, 3.8) is 0 Å². The first kappa shape index (κ1) is 11.3. The Morgan fingerprint density at radius 3 is 2.88 bits per heavy atom. The highest BCUT2D eigenvalue weighted by Crippen LogP contribution is 2.22. The summed E-state index contributed by atoms with van der Waals surface area (Å²) in [6, 6.07) is 6.03. The van der Waals surface area contributed by atoms with Crippen LogP contribution in [0.1, 0.15) is 17.4 Å². The van der Waals surface area contributed by atoms with Gasteiger partial charge in [-0.25, -0.2) is 9.18 Å². The van der Waals surface area contributed by atoms with Crippen molar-refractivity contribution in [2.45, 2.75) is 6.92 Å². The molecular formula is C11H10FN3O2. The Morgan fingerprint density at radius 2 is 2.18 bits per heavy atom. The average molecular weight is 235 g/mol. The molecule has 0 aliphatic rings. The van der Waals surface area contributed by atoms with E-state index in [0.717, 1.165) is 0 Å². The molecule has 5 nitrogen and oxygen atoms in total. The standard InChI is InChI=1S/C11H10FN3O2/c1-2-17-11(16)10-9(13-15-14-10)7-5-3-4-6-8(7)12/h3-6H,2H2,1H3,(H,13,14,15). The number of aromatic amines is 1. The lowest BCUT2D eigenvalue weighted by Crippen LogP contribution is -2.07. The van der Waals surface area contributed by atoms with Gasteiger partial charge in [-0.15, -0.1) is 5.10 Å². The molecule has 0 spiro atoms. The summed E-state index contributed by atoms with van der Waals surface area (Å²) in [6.45, 7) is 1.91. The van der Waals surface area contributed by atoms with E-state index < -0.39 is 11.8 Å². The monoisotopic (exact) mass is 235 g/mol. The number of aromatic nitrogens is 3. The molecule has 17 heavy (non-hydrogen) atoms. The highest BCUT2D eigenvalue weighted by molar-refractivity contribution is 5.93. The van der Waals surface area contributed by atoms with E-state index in [2.05, 4.69) is 15.4 Å². The van der Waals surface area contributed by atoms with E-state index in [-0.39, 0.29) is 23.6 Å². The Labute approximate surface area is 96.6 Å². The van der Waals surface area contributed by atoms with Crippen LogP contribution in [-0.4, -0.2) is 28.0 Å². The fraction of sp³-hybridized carbons (Fsp3) is 0.182. The van der Waals surface area contributed by atoms with Gasteiger partial charge in [0, 0.05) is 5.56 Å². The van der Waals surface area contributed by atoms with Crippen LogP contribution in [0, 0.1) is 5.82 Å². The lowest BCUT2D eigenvalue weighted by atomic mass is 10.1. The SMILES string of the molecule is CCOC(=O)c1n[nH]nc1-c1ccccc1F. The van der Waals surface area contributed by atoms with E-state index >= 15 is 0 Å². The maximum Gasteiger partial charge on any atom is 0.361 e. The minimum atomic E-state index is -0.625.